The minimum Gasteiger partial charge on any atom is -0.462 e. The average molecular weight is 829 g/mol. The Balaban J connectivity index is 3.79. The van der Waals surface area contributed by atoms with Gasteiger partial charge in [-0.05, 0) is 38.5 Å². The highest BCUT2D eigenvalue weighted by molar-refractivity contribution is 7.46. The molecule has 0 saturated heterocycles. The van der Waals surface area contributed by atoms with Crippen LogP contribution >= 0.6 is 7.82 Å². The van der Waals surface area contributed by atoms with Gasteiger partial charge in [-0.2, -0.15) is 0 Å². The highest BCUT2D eigenvalue weighted by Crippen LogP contribution is 2.36. The number of hydrogen-bond donors (Lipinski definition) is 2. The Labute approximate surface area is 352 Å². The van der Waals surface area contributed by atoms with Crippen molar-refractivity contribution in [3.05, 3.63) is 12.2 Å². The lowest BCUT2D eigenvalue weighted by Crippen LogP contribution is -2.29. The molecule has 0 spiro atoms. The lowest BCUT2D eigenvalue weighted by molar-refractivity contribution is -0.161. The fourth-order valence-electron chi connectivity index (χ4n) is 7.37. The molecule has 338 valence electrons. The van der Waals surface area contributed by atoms with Crippen LogP contribution in [0.25, 0.3) is 0 Å². The molecular formula is C48H93O8P. The Hall–Kier alpha value is -1.21. The summed E-state index contributed by atoms with van der Waals surface area (Å²) < 4.78 is 26.5. The highest BCUT2D eigenvalue weighted by Gasteiger charge is 2.23. The molecule has 0 unspecified atom stereocenters. The van der Waals surface area contributed by atoms with Crippen LogP contribution in [0.3, 0.4) is 0 Å². The molecule has 0 saturated carbocycles. The topological polar surface area (TPSA) is 119 Å². The fraction of sp³-hybridized carbons (Fsp3) is 0.917. The van der Waals surface area contributed by atoms with Gasteiger partial charge in [0.25, 0.3) is 0 Å². The van der Waals surface area contributed by atoms with Gasteiger partial charge in [0.2, 0.25) is 0 Å². The van der Waals surface area contributed by atoms with Crippen LogP contribution in [-0.2, 0) is 28.2 Å². The van der Waals surface area contributed by atoms with Crippen LogP contribution in [0.4, 0.5) is 0 Å². The summed E-state index contributed by atoms with van der Waals surface area (Å²) in [5.74, 6) is -0.868. The summed E-state index contributed by atoms with van der Waals surface area (Å²) in [6, 6.07) is 0. The second kappa shape index (κ2) is 44.3. The molecule has 0 radical (unpaired) electrons. The van der Waals surface area contributed by atoms with Crippen LogP contribution < -0.4 is 0 Å². The van der Waals surface area contributed by atoms with Gasteiger partial charge in [0, 0.05) is 12.8 Å². The molecule has 0 aromatic carbocycles. The van der Waals surface area contributed by atoms with Gasteiger partial charge in [-0.3, -0.25) is 14.1 Å². The van der Waals surface area contributed by atoms with Crippen LogP contribution in [0.1, 0.15) is 264 Å². The summed E-state index contributed by atoms with van der Waals surface area (Å²) in [6.45, 7) is 3.73. The van der Waals surface area contributed by atoms with Crippen LogP contribution in [0.5, 0.6) is 0 Å². The SMILES string of the molecule is CCCCCCCC/C=C/CCCCCCCCCCCCCC(=O)OC[C@H](COP(=O)(O)O)OC(=O)CCCCCCCCCCCCCCCCCCCC. The predicted molar refractivity (Wildman–Crippen MR) is 239 cm³/mol. The lowest BCUT2D eigenvalue weighted by atomic mass is 10.0. The summed E-state index contributed by atoms with van der Waals surface area (Å²) in [4.78, 5) is 43.0. The number of phosphoric ester groups is 1. The van der Waals surface area contributed by atoms with Gasteiger partial charge in [-0.15, -0.1) is 0 Å². The minimum absolute atomic E-state index is 0.219. The van der Waals surface area contributed by atoms with Gasteiger partial charge in [-0.1, -0.05) is 225 Å². The quantitative estimate of drug-likeness (QED) is 0.0269. The molecule has 0 aliphatic carbocycles. The van der Waals surface area contributed by atoms with Gasteiger partial charge in [0.15, 0.2) is 6.10 Å². The third-order valence-electron chi connectivity index (χ3n) is 11.0. The Morgan fingerprint density at radius 1 is 0.439 bits per heavy atom. The molecule has 57 heavy (non-hydrogen) atoms. The number of rotatable bonds is 46. The zero-order valence-corrected chi connectivity index (χ0v) is 38.4. The molecular weight excluding hydrogens is 735 g/mol. The van der Waals surface area contributed by atoms with E-state index in [9.17, 15) is 14.2 Å². The molecule has 9 heteroatoms. The average Bonchev–Trinajstić information content (AvgIpc) is 3.18. The summed E-state index contributed by atoms with van der Waals surface area (Å²) in [6.07, 6.45) is 50.8. The van der Waals surface area contributed by atoms with E-state index in [0.29, 0.717) is 6.42 Å². The van der Waals surface area contributed by atoms with Crippen molar-refractivity contribution in [2.24, 2.45) is 0 Å². The normalized spacial score (nSPS) is 12.4. The fourth-order valence-corrected chi connectivity index (χ4v) is 7.73. The number of allylic oxidation sites excluding steroid dienone is 2. The van der Waals surface area contributed by atoms with E-state index in [1.54, 1.807) is 0 Å². The first-order valence-corrected chi connectivity index (χ1v) is 26.0. The lowest BCUT2D eigenvalue weighted by Gasteiger charge is -2.18. The van der Waals surface area contributed by atoms with Crippen molar-refractivity contribution in [3.63, 3.8) is 0 Å². The maximum absolute atomic E-state index is 12.5. The van der Waals surface area contributed by atoms with E-state index >= 15 is 0 Å². The van der Waals surface area contributed by atoms with Crippen LogP contribution in [0.15, 0.2) is 12.2 Å². The van der Waals surface area contributed by atoms with Crippen molar-refractivity contribution in [1.82, 2.24) is 0 Å². The molecule has 0 heterocycles. The van der Waals surface area contributed by atoms with E-state index in [4.69, 9.17) is 19.3 Å². The van der Waals surface area contributed by atoms with Crippen LogP contribution in [-0.4, -0.2) is 41.0 Å². The number of phosphoric acid groups is 1. The number of carbonyl (C=O) groups is 2. The van der Waals surface area contributed by atoms with E-state index in [-0.39, 0.29) is 19.4 Å². The van der Waals surface area contributed by atoms with Crippen molar-refractivity contribution < 1.29 is 37.9 Å². The van der Waals surface area contributed by atoms with Crippen molar-refractivity contribution >= 4 is 19.8 Å². The Morgan fingerprint density at radius 3 is 1.07 bits per heavy atom. The highest BCUT2D eigenvalue weighted by atomic mass is 31.2. The molecule has 0 aliphatic heterocycles. The summed E-state index contributed by atoms with van der Waals surface area (Å²) in [7, 11) is -4.75. The molecule has 8 nitrogen and oxygen atoms in total. The zero-order valence-electron chi connectivity index (χ0n) is 37.5. The molecule has 0 aromatic heterocycles. The van der Waals surface area contributed by atoms with Crippen molar-refractivity contribution in [1.29, 1.82) is 0 Å². The Kier molecular flexibility index (Phi) is 43.4. The van der Waals surface area contributed by atoms with Gasteiger partial charge < -0.3 is 19.3 Å². The number of unbranched alkanes of at least 4 members (excludes halogenated alkanes) is 34. The first-order chi connectivity index (χ1) is 27.8. The number of esters is 2. The van der Waals surface area contributed by atoms with Gasteiger partial charge in [-0.25, -0.2) is 4.57 Å². The van der Waals surface area contributed by atoms with E-state index in [1.807, 2.05) is 0 Å². The maximum Gasteiger partial charge on any atom is 0.469 e. The largest absolute Gasteiger partial charge is 0.469 e. The zero-order chi connectivity index (χ0) is 41.8. The van der Waals surface area contributed by atoms with Crippen molar-refractivity contribution in [2.45, 2.75) is 270 Å². The summed E-state index contributed by atoms with van der Waals surface area (Å²) in [5.41, 5.74) is 0. The number of carbonyl (C=O) groups excluding carboxylic acids is 2. The second-order valence-electron chi connectivity index (χ2n) is 16.8. The standard InChI is InChI=1S/C48H93O8P/c1-3-5-7-9-11-13-15-17-19-21-23-24-25-27-28-30-32-34-36-38-40-42-47(49)54-44-46(45-55-57(51,52)53)56-48(50)43-41-39-37-35-33-31-29-26-22-20-18-16-14-12-10-8-6-4-2/h17,19,46H,3-16,18,20-45H2,1-2H3,(H2,51,52,53)/b19-17+/t46-/m1/s1. The Morgan fingerprint density at radius 2 is 0.737 bits per heavy atom. The third-order valence-corrected chi connectivity index (χ3v) is 11.5. The smallest absolute Gasteiger partial charge is 0.462 e. The first-order valence-electron chi connectivity index (χ1n) is 24.5. The van der Waals surface area contributed by atoms with Crippen molar-refractivity contribution in [3.8, 4) is 0 Å². The maximum atomic E-state index is 12.5. The van der Waals surface area contributed by atoms with Gasteiger partial charge >= 0.3 is 19.8 Å². The van der Waals surface area contributed by atoms with E-state index in [2.05, 4.69) is 30.5 Å². The van der Waals surface area contributed by atoms with Crippen LogP contribution in [0, 0.1) is 0 Å². The first kappa shape index (κ1) is 55.8. The predicted octanol–water partition coefficient (Wildman–Crippen LogP) is 15.4. The molecule has 0 aliphatic rings. The Bertz CT molecular complexity index is 935. The molecule has 0 fully saturated rings. The van der Waals surface area contributed by atoms with Crippen molar-refractivity contribution in [2.75, 3.05) is 13.2 Å². The monoisotopic (exact) mass is 829 g/mol. The number of hydrogen-bond acceptors (Lipinski definition) is 6. The van der Waals surface area contributed by atoms with E-state index < -0.39 is 32.5 Å². The molecule has 0 rings (SSSR count). The molecule has 0 bridgehead atoms. The van der Waals surface area contributed by atoms with E-state index in [1.165, 1.54) is 199 Å². The molecule has 2 N–H and O–H groups in total. The third kappa shape index (κ3) is 47.3. The summed E-state index contributed by atoms with van der Waals surface area (Å²) in [5, 5.41) is 0. The summed E-state index contributed by atoms with van der Waals surface area (Å²) >= 11 is 0. The molecule has 0 aromatic rings. The van der Waals surface area contributed by atoms with Crippen LogP contribution in [0.2, 0.25) is 0 Å². The molecule has 1 atom stereocenters. The number of ether oxygens (including phenoxy) is 2. The van der Waals surface area contributed by atoms with Gasteiger partial charge in [0.1, 0.15) is 6.61 Å². The minimum atomic E-state index is -4.75. The van der Waals surface area contributed by atoms with Gasteiger partial charge in [0.05, 0.1) is 6.61 Å². The molecule has 0 amide bonds. The van der Waals surface area contributed by atoms with E-state index in [0.717, 1.165) is 32.1 Å². The second-order valence-corrected chi connectivity index (χ2v) is 18.0.